The number of hydrogen-bond donors (Lipinski definition) is 1. The van der Waals surface area contributed by atoms with Gasteiger partial charge >= 0.3 is 19.8 Å². The number of carbonyl (C=O) groups excluding carboxylic acids is 2. The Balaban J connectivity index is 4.01. The zero-order chi connectivity index (χ0) is 43.9. The second-order valence-electron chi connectivity index (χ2n) is 15.9. The Morgan fingerprint density at radius 3 is 1.23 bits per heavy atom. The van der Waals surface area contributed by atoms with E-state index in [0.717, 1.165) is 64.9 Å². The summed E-state index contributed by atoms with van der Waals surface area (Å²) < 4.78 is 32.0. The summed E-state index contributed by atoms with van der Waals surface area (Å²) in [7, 11) is -3.24. The fourth-order valence-electron chi connectivity index (χ4n) is 6.57. The third-order valence-corrected chi connectivity index (χ3v) is 11.2. The van der Waals surface area contributed by atoms with E-state index >= 15 is 0 Å². The molecule has 2 unspecified atom stereocenters. The summed E-state index contributed by atoms with van der Waals surface area (Å²) in [4.78, 5) is 34.6. The molecule has 1 N–H and O–H groups in total. The lowest BCUT2D eigenvalue weighted by Crippen LogP contribution is -2.29. The molecule has 0 bridgehead atoms. The number of allylic oxidation sites excluding steroid dienone is 12. The lowest BCUT2D eigenvalue weighted by Gasteiger charge is -2.19. The smallest absolute Gasteiger partial charge is 0.462 e. The Hall–Kier alpha value is -2.51. The highest BCUT2D eigenvalue weighted by atomic mass is 31.2. The average molecular weight is 861 g/mol. The summed E-state index contributed by atoms with van der Waals surface area (Å²) >= 11 is 0. The summed E-state index contributed by atoms with van der Waals surface area (Å²) in [5.41, 5.74) is 0. The Morgan fingerprint density at radius 1 is 0.483 bits per heavy atom. The van der Waals surface area contributed by atoms with Crippen LogP contribution in [-0.2, 0) is 32.7 Å². The van der Waals surface area contributed by atoms with Gasteiger partial charge in [-0.15, -0.1) is 0 Å². The highest BCUT2D eigenvalue weighted by molar-refractivity contribution is 7.47. The third-order valence-electron chi connectivity index (χ3n) is 10.2. The fraction of sp³-hybridized carbons (Fsp3) is 0.725. The summed E-state index contributed by atoms with van der Waals surface area (Å²) in [6.45, 7) is 3.73. The van der Waals surface area contributed by atoms with Crippen LogP contribution in [0.25, 0.3) is 0 Å². The Morgan fingerprint density at radius 2 is 0.850 bits per heavy atom. The van der Waals surface area contributed by atoms with Gasteiger partial charge in [0.1, 0.15) is 6.61 Å². The first-order valence-electron chi connectivity index (χ1n) is 24.1. The topological polar surface area (TPSA) is 108 Å². The molecule has 0 heterocycles. The highest BCUT2D eigenvalue weighted by Crippen LogP contribution is 2.42. The number of unbranched alkanes of at least 4 members (excludes halogenated alkanes) is 21. The van der Waals surface area contributed by atoms with Crippen LogP contribution in [0.15, 0.2) is 72.9 Å². The maximum absolute atomic E-state index is 12.5. The van der Waals surface area contributed by atoms with Crippen LogP contribution < -0.4 is 0 Å². The molecular weight excluding hydrogens is 772 g/mol. The van der Waals surface area contributed by atoms with Crippen LogP contribution in [0, 0.1) is 0 Å². The van der Waals surface area contributed by atoms with Gasteiger partial charge in [0.05, 0.1) is 6.61 Å². The maximum atomic E-state index is 12.5. The van der Waals surface area contributed by atoms with Gasteiger partial charge in [-0.2, -0.15) is 0 Å². The number of hydrogen-bond acceptors (Lipinski definition) is 7. The van der Waals surface area contributed by atoms with E-state index in [1.54, 1.807) is 0 Å². The number of phosphoric acid groups is 1. The van der Waals surface area contributed by atoms with Gasteiger partial charge in [0.2, 0.25) is 0 Å². The fourth-order valence-corrected chi connectivity index (χ4v) is 7.03. The molecule has 0 aliphatic carbocycles. The predicted octanol–water partition coefficient (Wildman–Crippen LogP) is 15.7. The summed E-state index contributed by atoms with van der Waals surface area (Å²) in [6.07, 6.45) is 59.8. The minimum absolute atomic E-state index is 0.118. The van der Waals surface area contributed by atoms with Crippen LogP contribution in [-0.4, -0.2) is 43.3 Å². The second-order valence-corrected chi connectivity index (χ2v) is 17.4. The molecule has 0 fully saturated rings. The number of ether oxygens (including phenoxy) is 2. The number of rotatable bonds is 44. The van der Waals surface area contributed by atoms with Crippen LogP contribution >= 0.6 is 7.82 Å². The molecule has 2 atom stereocenters. The summed E-state index contributed by atoms with van der Waals surface area (Å²) in [6, 6.07) is 0. The molecule has 346 valence electrons. The Kier molecular flexibility index (Phi) is 44.1. The highest BCUT2D eigenvalue weighted by Gasteiger charge is 2.24. The molecule has 0 aliphatic rings. The van der Waals surface area contributed by atoms with Crippen molar-refractivity contribution in [3.63, 3.8) is 0 Å². The van der Waals surface area contributed by atoms with Gasteiger partial charge < -0.3 is 14.4 Å². The van der Waals surface area contributed by atoms with E-state index in [9.17, 15) is 19.0 Å². The standard InChI is InChI=1S/C51H89O8P/c1-4-6-8-10-12-14-16-18-20-22-24-25-26-28-29-31-33-35-37-39-41-43-45-50(52)57-47-49(48-58-60(54,55)56-3)59-51(53)46-44-42-40-38-36-34-32-30-27-23-21-19-17-15-13-11-9-7-5-2/h7,9,13,15,19,21,27,30,34,36,40,42,49H,4-6,8,10-12,14,16-18,20,22-26,28-29,31-33,35,37-39,41,43-48H2,1-3H3,(H,54,55)/b9-7-,15-13-,21-19-,30-27-,36-34-,42-40-. The van der Waals surface area contributed by atoms with Crippen molar-refractivity contribution in [2.75, 3.05) is 20.3 Å². The molecule has 8 nitrogen and oxygen atoms in total. The molecule has 0 saturated heterocycles. The van der Waals surface area contributed by atoms with Crippen LogP contribution in [0.2, 0.25) is 0 Å². The number of esters is 2. The third kappa shape index (κ3) is 45.0. The zero-order valence-electron chi connectivity index (χ0n) is 38.6. The minimum atomic E-state index is -4.29. The maximum Gasteiger partial charge on any atom is 0.472 e. The molecule has 0 aromatic heterocycles. The van der Waals surface area contributed by atoms with Crippen molar-refractivity contribution in [2.45, 2.75) is 219 Å². The predicted molar refractivity (Wildman–Crippen MR) is 253 cm³/mol. The van der Waals surface area contributed by atoms with Gasteiger partial charge in [-0.05, 0) is 51.4 Å². The quantitative estimate of drug-likeness (QED) is 0.0279. The molecular formula is C51H89O8P. The van der Waals surface area contributed by atoms with E-state index in [1.165, 1.54) is 122 Å². The Bertz CT molecular complexity index is 1200. The molecule has 0 amide bonds. The largest absolute Gasteiger partial charge is 0.472 e. The van der Waals surface area contributed by atoms with Crippen LogP contribution in [0.4, 0.5) is 0 Å². The first kappa shape index (κ1) is 57.5. The molecule has 0 rings (SSSR count). The lowest BCUT2D eigenvalue weighted by atomic mass is 10.0. The molecule has 9 heteroatoms. The molecule has 60 heavy (non-hydrogen) atoms. The first-order chi connectivity index (χ1) is 29.3. The average Bonchev–Trinajstić information content (AvgIpc) is 3.24. The van der Waals surface area contributed by atoms with Crippen molar-refractivity contribution >= 4 is 19.8 Å². The van der Waals surface area contributed by atoms with Gasteiger partial charge in [-0.25, -0.2) is 4.57 Å². The van der Waals surface area contributed by atoms with Crippen LogP contribution in [0.1, 0.15) is 213 Å². The summed E-state index contributed by atoms with van der Waals surface area (Å²) in [5.74, 6) is -0.898. The van der Waals surface area contributed by atoms with Gasteiger partial charge in [-0.1, -0.05) is 222 Å². The van der Waals surface area contributed by atoms with Crippen molar-refractivity contribution in [1.29, 1.82) is 0 Å². The monoisotopic (exact) mass is 861 g/mol. The lowest BCUT2D eigenvalue weighted by molar-refractivity contribution is -0.161. The van der Waals surface area contributed by atoms with Crippen molar-refractivity contribution in [2.24, 2.45) is 0 Å². The molecule has 0 spiro atoms. The van der Waals surface area contributed by atoms with Crippen LogP contribution in [0.3, 0.4) is 0 Å². The molecule has 0 saturated carbocycles. The zero-order valence-corrected chi connectivity index (χ0v) is 39.5. The molecule has 0 aromatic rings. The molecule has 0 aromatic carbocycles. The Labute approximate surface area is 368 Å². The van der Waals surface area contributed by atoms with Crippen molar-refractivity contribution in [3.8, 4) is 0 Å². The van der Waals surface area contributed by atoms with Crippen LogP contribution in [0.5, 0.6) is 0 Å². The van der Waals surface area contributed by atoms with Gasteiger partial charge in [0, 0.05) is 20.0 Å². The van der Waals surface area contributed by atoms with Crippen molar-refractivity contribution in [1.82, 2.24) is 0 Å². The van der Waals surface area contributed by atoms with Gasteiger partial charge in [0.25, 0.3) is 0 Å². The van der Waals surface area contributed by atoms with E-state index in [1.807, 2.05) is 12.2 Å². The summed E-state index contributed by atoms with van der Waals surface area (Å²) in [5, 5.41) is 0. The van der Waals surface area contributed by atoms with Crippen molar-refractivity contribution in [3.05, 3.63) is 72.9 Å². The second kappa shape index (κ2) is 46.0. The van der Waals surface area contributed by atoms with E-state index in [0.29, 0.717) is 6.42 Å². The van der Waals surface area contributed by atoms with Crippen molar-refractivity contribution < 1.29 is 37.6 Å². The van der Waals surface area contributed by atoms with E-state index in [4.69, 9.17) is 14.0 Å². The van der Waals surface area contributed by atoms with Gasteiger partial charge in [-0.3, -0.25) is 18.6 Å². The van der Waals surface area contributed by atoms with E-state index in [2.05, 4.69) is 79.1 Å². The number of carbonyl (C=O) groups is 2. The first-order valence-corrected chi connectivity index (χ1v) is 25.6. The molecule has 0 radical (unpaired) electrons. The minimum Gasteiger partial charge on any atom is -0.462 e. The van der Waals surface area contributed by atoms with E-state index in [-0.39, 0.29) is 25.4 Å². The normalized spacial score (nSPS) is 13.9. The number of phosphoric ester groups is 1. The molecule has 0 aliphatic heterocycles. The van der Waals surface area contributed by atoms with E-state index < -0.39 is 26.5 Å². The SMILES string of the molecule is CC/C=C\C/C=C\C/C=C\C/C=C\C/C=C\C/C=C\CCC(=O)OC(COC(=O)CCCCCCCCCCCCCCCCCCCCCCCC)COP(=O)(O)OC. The van der Waals surface area contributed by atoms with Gasteiger partial charge in [0.15, 0.2) is 6.10 Å².